The summed E-state index contributed by atoms with van der Waals surface area (Å²) < 4.78 is 46.3. The molecule has 2 aromatic carbocycles. The quantitative estimate of drug-likeness (QED) is 0.627. The number of amides is 1. The van der Waals surface area contributed by atoms with E-state index in [2.05, 4.69) is 4.74 Å². The number of rotatable bonds is 6. The summed E-state index contributed by atoms with van der Waals surface area (Å²) in [6, 6.07) is 12.5. The number of ether oxygens (including phenoxy) is 2. The zero-order valence-corrected chi connectivity index (χ0v) is 16.4. The van der Waals surface area contributed by atoms with Gasteiger partial charge in [-0.3, -0.25) is 4.79 Å². The van der Waals surface area contributed by atoms with E-state index in [-0.39, 0.29) is 11.7 Å². The van der Waals surface area contributed by atoms with E-state index in [9.17, 15) is 18.0 Å². The minimum absolute atomic E-state index is 0.191. The minimum atomic E-state index is -4.75. The van der Waals surface area contributed by atoms with Crippen molar-refractivity contribution in [3.63, 3.8) is 0 Å². The number of alkyl halides is 3. The predicted molar refractivity (Wildman–Crippen MR) is 103 cm³/mol. The average molecular weight is 428 g/mol. The molecule has 0 N–H and O–H groups in total. The molecule has 2 aromatic rings. The van der Waals surface area contributed by atoms with Crippen LogP contribution in [-0.2, 0) is 11.3 Å². The van der Waals surface area contributed by atoms with E-state index in [0.29, 0.717) is 42.8 Å². The van der Waals surface area contributed by atoms with Crippen LogP contribution in [0.2, 0.25) is 5.02 Å². The highest BCUT2D eigenvalue weighted by molar-refractivity contribution is 6.30. The van der Waals surface area contributed by atoms with Gasteiger partial charge in [-0.05, 0) is 60.7 Å². The normalized spacial score (nSPS) is 15.4. The van der Waals surface area contributed by atoms with E-state index in [0.717, 1.165) is 30.5 Å². The molecular formula is C21H21ClF3NO3. The van der Waals surface area contributed by atoms with Gasteiger partial charge in [0.1, 0.15) is 5.75 Å². The molecule has 1 heterocycles. The smallest absolute Gasteiger partial charge is 0.406 e. The largest absolute Gasteiger partial charge is 0.573 e. The third kappa shape index (κ3) is 6.65. The van der Waals surface area contributed by atoms with Crippen LogP contribution in [0.4, 0.5) is 13.2 Å². The Morgan fingerprint density at radius 2 is 1.66 bits per heavy atom. The molecule has 0 aromatic heterocycles. The molecule has 29 heavy (non-hydrogen) atoms. The van der Waals surface area contributed by atoms with Gasteiger partial charge in [-0.1, -0.05) is 23.7 Å². The van der Waals surface area contributed by atoms with Crippen LogP contribution >= 0.6 is 11.6 Å². The molecule has 0 aliphatic carbocycles. The number of halogens is 4. The number of carbonyl (C=O) groups is 1. The molecule has 0 saturated carbocycles. The van der Waals surface area contributed by atoms with Crippen molar-refractivity contribution >= 4 is 17.5 Å². The number of likely N-dealkylation sites (tertiary alicyclic amines) is 1. The SMILES string of the molecule is O=C(c1ccc(OC(F)(F)F)cc1)N1CCC(COCc2ccc(Cl)cc2)CC1. The summed E-state index contributed by atoms with van der Waals surface area (Å²) in [4.78, 5) is 14.3. The topological polar surface area (TPSA) is 38.8 Å². The molecule has 0 radical (unpaired) electrons. The van der Waals surface area contributed by atoms with E-state index in [4.69, 9.17) is 16.3 Å². The lowest BCUT2D eigenvalue weighted by atomic mass is 9.97. The monoisotopic (exact) mass is 427 g/mol. The third-order valence-electron chi connectivity index (χ3n) is 4.77. The van der Waals surface area contributed by atoms with Crippen LogP contribution in [0.1, 0.15) is 28.8 Å². The first-order valence-corrected chi connectivity index (χ1v) is 9.65. The highest BCUT2D eigenvalue weighted by Crippen LogP contribution is 2.24. The predicted octanol–water partition coefficient (Wildman–Crippen LogP) is 5.31. The lowest BCUT2D eigenvalue weighted by Crippen LogP contribution is -2.39. The number of carbonyl (C=O) groups excluding carboxylic acids is 1. The molecule has 1 fully saturated rings. The molecule has 0 atom stereocenters. The lowest BCUT2D eigenvalue weighted by molar-refractivity contribution is -0.274. The van der Waals surface area contributed by atoms with Crippen LogP contribution in [0.15, 0.2) is 48.5 Å². The molecular weight excluding hydrogens is 407 g/mol. The molecule has 0 bridgehead atoms. The van der Waals surface area contributed by atoms with Crippen LogP contribution < -0.4 is 4.74 Å². The summed E-state index contributed by atoms with van der Waals surface area (Å²) in [5.74, 6) is -0.163. The van der Waals surface area contributed by atoms with Gasteiger partial charge in [0, 0.05) is 30.3 Å². The van der Waals surface area contributed by atoms with E-state index < -0.39 is 6.36 Å². The van der Waals surface area contributed by atoms with Gasteiger partial charge in [0.05, 0.1) is 6.61 Å². The van der Waals surface area contributed by atoms with Crippen LogP contribution in [-0.4, -0.2) is 36.9 Å². The summed E-state index contributed by atoms with van der Waals surface area (Å²) in [7, 11) is 0. The van der Waals surface area contributed by atoms with Crippen LogP contribution in [0.3, 0.4) is 0 Å². The first kappa shape index (κ1) is 21.5. The Balaban J connectivity index is 1.42. The Labute approximate surface area is 172 Å². The Bertz CT molecular complexity index is 801. The van der Waals surface area contributed by atoms with E-state index in [1.807, 2.05) is 24.3 Å². The standard InChI is InChI=1S/C21H21ClF3NO3/c22-18-5-1-15(2-6-18)13-28-14-16-9-11-26(12-10-16)20(27)17-3-7-19(8-4-17)29-21(23,24)25/h1-8,16H,9-14H2. The molecule has 156 valence electrons. The minimum Gasteiger partial charge on any atom is -0.406 e. The van der Waals surface area contributed by atoms with E-state index in [1.165, 1.54) is 12.1 Å². The molecule has 1 aliphatic heterocycles. The van der Waals surface area contributed by atoms with Crippen molar-refractivity contribution < 1.29 is 27.4 Å². The molecule has 3 rings (SSSR count). The van der Waals surface area contributed by atoms with Gasteiger partial charge in [-0.25, -0.2) is 0 Å². The summed E-state index contributed by atoms with van der Waals surface area (Å²) >= 11 is 5.86. The van der Waals surface area contributed by atoms with Crippen molar-refractivity contribution in [3.8, 4) is 5.75 Å². The van der Waals surface area contributed by atoms with Crippen LogP contribution in [0.25, 0.3) is 0 Å². The van der Waals surface area contributed by atoms with Crippen molar-refractivity contribution in [1.29, 1.82) is 0 Å². The molecule has 1 aliphatic rings. The van der Waals surface area contributed by atoms with Crippen molar-refractivity contribution in [3.05, 3.63) is 64.7 Å². The van der Waals surface area contributed by atoms with Gasteiger partial charge >= 0.3 is 6.36 Å². The second-order valence-corrected chi connectivity index (χ2v) is 7.39. The first-order valence-electron chi connectivity index (χ1n) is 9.27. The number of benzene rings is 2. The highest BCUT2D eigenvalue weighted by atomic mass is 35.5. The van der Waals surface area contributed by atoms with Gasteiger partial charge in [0.15, 0.2) is 0 Å². The third-order valence-corrected chi connectivity index (χ3v) is 5.02. The zero-order valence-electron chi connectivity index (χ0n) is 15.6. The molecule has 8 heteroatoms. The maximum absolute atomic E-state index is 12.6. The van der Waals surface area contributed by atoms with Crippen molar-refractivity contribution in [2.24, 2.45) is 5.92 Å². The van der Waals surface area contributed by atoms with Gasteiger partial charge < -0.3 is 14.4 Å². The Kier molecular flexibility index (Phi) is 7.03. The fourth-order valence-electron chi connectivity index (χ4n) is 3.21. The summed E-state index contributed by atoms with van der Waals surface area (Å²) in [6.07, 6.45) is -3.10. The Hall–Kier alpha value is -2.25. The van der Waals surface area contributed by atoms with Gasteiger partial charge in [0.2, 0.25) is 0 Å². The fourth-order valence-corrected chi connectivity index (χ4v) is 3.33. The van der Waals surface area contributed by atoms with Crippen molar-refractivity contribution in [2.45, 2.75) is 25.8 Å². The second kappa shape index (κ2) is 9.50. The van der Waals surface area contributed by atoms with Crippen LogP contribution in [0.5, 0.6) is 5.75 Å². The molecule has 1 amide bonds. The van der Waals surface area contributed by atoms with Gasteiger partial charge in [-0.2, -0.15) is 0 Å². The Morgan fingerprint density at radius 1 is 1.03 bits per heavy atom. The molecule has 0 spiro atoms. The van der Waals surface area contributed by atoms with Crippen LogP contribution in [0, 0.1) is 5.92 Å². The number of hydrogen-bond donors (Lipinski definition) is 0. The summed E-state index contributed by atoms with van der Waals surface area (Å²) in [6.45, 7) is 2.32. The number of hydrogen-bond acceptors (Lipinski definition) is 3. The number of piperidine rings is 1. The second-order valence-electron chi connectivity index (χ2n) is 6.95. The number of nitrogens with zero attached hydrogens (tertiary/aromatic N) is 1. The maximum Gasteiger partial charge on any atom is 0.573 e. The van der Waals surface area contributed by atoms with Crippen molar-refractivity contribution in [2.75, 3.05) is 19.7 Å². The molecule has 0 unspecified atom stereocenters. The van der Waals surface area contributed by atoms with Gasteiger partial charge in [0.25, 0.3) is 5.91 Å². The lowest BCUT2D eigenvalue weighted by Gasteiger charge is -2.32. The summed E-state index contributed by atoms with van der Waals surface area (Å²) in [5.41, 5.74) is 1.40. The van der Waals surface area contributed by atoms with Gasteiger partial charge in [-0.15, -0.1) is 13.2 Å². The highest BCUT2D eigenvalue weighted by Gasteiger charge is 2.31. The van der Waals surface area contributed by atoms with E-state index in [1.54, 1.807) is 4.90 Å². The Morgan fingerprint density at radius 3 is 2.24 bits per heavy atom. The maximum atomic E-state index is 12.6. The fraction of sp³-hybridized carbons (Fsp3) is 0.381. The van der Waals surface area contributed by atoms with Crippen molar-refractivity contribution in [1.82, 2.24) is 4.90 Å². The summed E-state index contributed by atoms with van der Waals surface area (Å²) in [5, 5.41) is 0.688. The molecule has 4 nitrogen and oxygen atoms in total. The van der Waals surface area contributed by atoms with E-state index >= 15 is 0 Å². The molecule has 1 saturated heterocycles. The zero-order chi connectivity index (χ0) is 20.9. The first-order chi connectivity index (χ1) is 13.8. The average Bonchev–Trinajstić information content (AvgIpc) is 2.69.